The number of rotatable bonds is 45. The van der Waals surface area contributed by atoms with E-state index >= 15 is 0 Å². The summed E-state index contributed by atoms with van der Waals surface area (Å²) in [5, 5.41) is 9.64. The molecule has 342 valence electrons. The number of esters is 2. The van der Waals surface area contributed by atoms with E-state index in [-0.39, 0.29) is 36.2 Å². The van der Waals surface area contributed by atoms with Gasteiger partial charge in [-0.15, -0.1) is 0 Å². The summed E-state index contributed by atoms with van der Waals surface area (Å²) < 4.78 is 17.3. The van der Waals surface area contributed by atoms with E-state index in [1.807, 2.05) is 21.1 Å². The summed E-state index contributed by atoms with van der Waals surface area (Å²) in [7, 11) is 5.54. The maximum absolute atomic E-state index is 12.8. The quantitative estimate of drug-likeness (QED) is 0.0283. The Morgan fingerprint density at radius 3 is 1.24 bits per heavy atom. The van der Waals surface area contributed by atoms with Crippen molar-refractivity contribution in [1.82, 2.24) is 0 Å². The third-order valence-electron chi connectivity index (χ3n) is 11.4. The summed E-state index contributed by atoms with van der Waals surface area (Å²) >= 11 is 0. The second-order valence-corrected chi connectivity index (χ2v) is 18.1. The first-order valence-corrected chi connectivity index (χ1v) is 24.7. The molecule has 0 aromatic heterocycles. The molecule has 0 bridgehead atoms. The van der Waals surface area contributed by atoms with Gasteiger partial charge >= 0.3 is 17.9 Å². The van der Waals surface area contributed by atoms with Gasteiger partial charge in [0.2, 0.25) is 0 Å². The zero-order chi connectivity index (χ0) is 42.8. The van der Waals surface area contributed by atoms with Crippen LogP contribution in [0.25, 0.3) is 0 Å². The Morgan fingerprint density at radius 2 is 0.862 bits per heavy atom. The van der Waals surface area contributed by atoms with Crippen molar-refractivity contribution in [3.8, 4) is 0 Å². The molecule has 0 rings (SSSR count). The van der Waals surface area contributed by atoms with E-state index in [0.717, 1.165) is 38.5 Å². The van der Waals surface area contributed by atoms with Crippen molar-refractivity contribution >= 4 is 17.9 Å². The summed E-state index contributed by atoms with van der Waals surface area (Å²) in [6.07, 6.45) is 45.4. The van der Waals surface area contributed by atoms with Crippen molar-refractivity contribution in [3.63, 3.8) is 0 Å². The fraction of sp³-hybridized carbons (Fsp3) is 0.900. The number of ether oxygens (including phenoxy) is 3. The molecule has 8 heteroatoms. The number of nitrogens with zero attached hydrogens (tertiary/aromatic N) is 1. The third kappa shape index (κ3) is 39.5. The third-order valence-corrected chi connectivity index (χ3v) is 11.4. The molecule has 1 N–H and O–H groups in total. The number of hydrogen-bond acceptors (Lipinski definition) is 6. The van der Waals surface area contributed by atoms with Gasteiger partial charge in [0.05, 0.1) is 34.4 Å². The van der Waals surface area contributed by atoms with Gasteiger partial charge in [0.15, 0.2) is 12.1 Å². The predicted octanol–water partition coefficient (Wildman–Crippen LogP) is 13.9. The second kappa shape index (κ2) is 41.8. The number of carbonyl (C=O) groups is 3. The fourth-order valence-electron chi connectivity index (χ4n) is 7.56. The average molecular weight is 823 g/mol. The smallest absolute Gasteiger partial charge is 0.362 e. The van der Waals surface area contributed by atoms with Crippen molar-refractivity contribution in [2.24, 2.45) is 0 Å². The topological polar surface area (TPSA) is 99.1 Å². The lowest BCUT2D eigenvalue weighted by Crippen LogP contribution is -2.50. The Labute approximate surface area is 359 Å². The lowest BCUT2D eigenvalue weighted by molar-refractivity contribution is -0.887. The highest BCUT2D eigenvalue weighted by Crippen LogP contribution is 2.16. The molecule has 0 amide bonds. The van der Waals surface area contributed by atoms with Gasteiger partial charge in [0.1, 0.15) is 6.61 Å². The molecular weight excluding hydrogens is 727 g/mol. The van der Waals surface area contributed by atoms with Gasteiger partial charge in [-0.3, -0.25) is 9.59 Å². The zero-order valence-corrected chi connectivity index (χ0v) is 39.0. The molecular formula is C50H96NO7+. The molecule has 0 fully saturated rings. The van der Waals surface area contributed by atoms with Gasteiger partial charge < -0.3 is 23.8 Å². The molecule has 0 heterocycles. The molecule has 0 aromatic rings. The van der Waals surface area contributed by atoms with E-state index in [9.17, 15) is 19.5 Å². The number of carboxylic acid groups (broad SMARTS) is 1. The largest absolute Gasteiger partial charge is 0.477 e. The predicted molar refractivity (Wildman–Crippen MR) is 243 cm³/mol. The first kappa shape index (κ1) is 56.1. The number of carboxylic acids is 1. The van der Waals surface area contributed by atoms with E-state index in [2.05, 4.69) is 26.0 Å². The molecule has 0 aromatic carbocycles. The Morgan fingerprint density at radius 1 is 0.500 bits per heavy atom. The highest BCUT2D eigenvalue weighted by atomic mass is 16.6. The molecule has 0 radical (unpaired) electrons. The summed E-state index contributed by atoms with van der Waals surface area (Å²) in [4.78, 5) is 37.1. The Bertz CT molecular complexity index is 962. The number of allylic oxidation sites excluding steroid dienone is 2. The second-order valence-electron chi connectivity index (χ2n) is 18.1. The van der Waals surface area contributed by atoms with Crippen molar-refractivity contribution in [2.45, 2.75) is 251 Å². The molecule has 2 unspecified atom stereocenters. The Kier molecular flexibility index (Phi) is 40.4. The Balaban J connectivity index is 4.24. The number of unbranched alkanes of at least 4 members (excludes halogenated alkanes) is 29. The van der Waals surface area contributed by atoms with Gasteiger partial charge in [-0.2, -0.15) is 0 Å². The van der Waals surface area contributed by atoms with Crippen LogP contribution in [0.3, 0.4) is 0 Å². The van der Waals surface area contributed by atoms with Crippen molar-refractivity contribution < 1.29 is 38.2 Å². The monoisotopic (exact) mass is 823 g/mol. The highest BCUT2D eigenvalue weighted by molar-refractivity contribution is 5.72. The van der Waals surface area contributed by atoms with Gasteiger partial charge in [0.25, 0.3) is 0 Å². The van der Waals surface area contributed by atoms with E-state index < -0.39 is 18.1 Å². The van der Waals surface area contributed by atoms with Crippen LogP contribution in [0, 0.1) is 0 Å². The molecule has 58 heavy (non-hydrogen) atoms. The summed E-state index contributed by atoms with van der Waals surface area (Å²) in [5.74, 6) is -1.45. The van der Waals surface area contributed by atoms with Crippen LogP contribution in [0.15, 0.2) is 12.2 Å². The number of carbonyl (C=O) groups excluding carboxylic acids is 2. The van der Waals surface area contributed by atoms with Gasteiger partial charge in [0, 0.05) is 19.3 Å². The number of quaternary nitrogens is 1. The van der Waals surface area contributed by atoms with Crippen LogP contribution in [-0.4, -0.2) is 80.6 Å². The van der Waals surface area contributed by atoms with Crippen LogP contribution < -0.4 is 0 Å². The van der Waals surface area contributed by atoms with Crippen molar-refractivity contribution in [3.05, 3.63) is 12.2 Å². The van der Waals surface area contributed by atoms with Crippen LogP contribution in [0.1, 0.15) is 239 Å². The first-order valence-electron chi connectivity index (χ1n) is 24.7. The van der Waals surface area contributed by atoms with Crippen LogP contribution >= 0.6 is 0 Å². The van der Waals surface area contributed by atoms with Gasteiger partial charge in [-0.05, 0) is 38.5 Å². The molecule has 2 atom stereocenters. The van der Waals surface area contributed by atoms with Gasteiger partial charge in [-0.1, -0.05) is 193 Å². The van der Waals surface area contributed by atoms with Crippen molar-refractivity contribution in [1.29, 1.82) is 0 Å². The zero-order valence-electron chi connectivity index (χ0n) is 39.0. The summed E-state index contributed by atoms with van der Waals surface area (Å²) in [5.41, 5.74) is 0. The molecule has 0 aliphatic rings. The number of likely N-dealkylation sites (N-methyl/N-ethyl adjacent to an activating group) is 1. The minimum atomic E-state index is -0.872. The highest BCUT2D eigenvalue weighted by Gasteiger charge is 2.31. The molecule has 0 spiro atoms. The van der Waals surface area contributed by atoms with E-state index in [1.54, 1.807) is 0 Å². The minimum absolute atomic E-state index is 0.0469. The lowest BCUT2D eigenvalue weighted by atomic mass is 10.0. The van der Waals surface area contributed by atoms with E-state index in [4.69, 9.17) is 14.2 Å². The fourth-order valence-corrected chi connectivity index (χ4v) is 7.56. The molecule has 0 aliphatic heterocycles. The summed E-state index contributed by atoms with van der Waals surface area (Å²) in [6, 6.07) is -0.611. The van der Waals surface area contributed by atoms with Gasteiger partial charge in [-0.25, -0.2) is 4.79 Å². The standard InChI is InChI=1S/C50H95NO7/c1-6-8-10-12-14-16-18-20-22-23-24-25-27-28-30-32-34-36-38-40-48(52)57-45-46(44-56-43-42-47(50(54)55)51(3,4)5)58-49(53)41-39-37-35-33-31-29-26-21-19-17-15-13-11-9-7-2/h23-24,46-47H,6-22,25-45H2,1-5H3/p+1/b24-23+. The van der Waals surface area contributed by atoms with E-state index in [0.29, 0.717) is 19.3 Å². The van der Waals surface area contributed by atoms with Crippen LogP contribution in [0.4, 0.5) is 0 Å². The molecule has 0 aliphatic carbocycles. The molecule has 8 nitrogen and oxygen atoms in total. The van der Waals surface area contributed by atoms with Crippen LogP contribution in [0.2, 0.25) is 0 Å². The summed E-state index contributed by atoms with van der Waals surface area (Å²) in [6.45, 7) is 4.77. The minimum Gasteiger partial charge on any atom is -0.477 e. The number of aliphatic carboxylic acids is 1. The van der Waals surface area contributed by atoms with E-state index in [1.165, 1.54) is 167 Å². The van der Waals surface area contributed by atoms with Crippen molar-refractivity contribution in [2.75, 3.05) is 41.0 Å². The molecule has 0 saturated heterocycles. The maximum atomic E-state index is 12.8. The SMILES string of the molecule is CCCCCCCCCC/C=C/CCCCCCCCCC(=O)OCC(COCCC(C(=O)O)[N+](C)(C)C)OC(=O)CCCCCCCCCCCCCCCCC. The number of hydrogen-bond donors (Lipinski definition) is 1. The lowest BCUT2D eigenvalue weighted by Gasteiger charge is -2.31. The first-order chi connectivity index (χ1) is 28.1. The van der Waals surface area contributed by atoms with Crippen LogP contribution in [-0.2, 0) is 28.6 Å². The average Bonchev–Trinajstić information content (AvgIpc) is 3.18. The molecule has 0 saturated carbocycles. The Hall–Kier alpha value is -1.93. The van der Waals surface area contributed by atoms with Crippen LogP contribution in [0.5, 0.6) is 0 Å². The maximum Gasteiger partial charge on any atom is 0.362 e. The normalized spacial score (nSPS) is 12.9.